The van der Waals surface area contributed by atoms with E-state index in [1.165, 1.54) is 13.3 Å². The lowest BCUT2D eigenvalue weighted by atomic mass is 9.72. The van der Waals surface area contributed by atoms with E-state index in [-0.39, 0.29) is 5.91 Å². The quantitative estimate of drug-likeness (QED) is 0.801. The third kappa shape index (κ3) is 2.18. The number of anilines is 1. The fourth-order valence-corrected chi connectivity index (χ4v) is 3.00. The molecule has 0 bridgehead atoms. The number of rotatable bonds is 1. The summed E-state index contributed by atoms with van der Waals surface area (Å²) < 4.78 is 5.34. The summed E-state index contributed by atoms with van der Waals surface area (Å²) >= 11 is 11.9. The number of hydrogen-bond donors (Lipinski definition) is 1. The normalized spacial score (nSPS) is 26.0. The number of halogens is 2. The average molecular weight is 335 g/mol. The van der Waals surface area contributed by atoms with Crippen molar-refractivity contribution in [2.75, 3.05) is 12.4 Å². The van der Waals surface area contributed by atoms with E-state index in [2.05, 4.69) is 22.2 Å². The van der Waals surface area contributed by atoms with Crippen molar-refractivity contribution in [3.05, 3.63) is 40.0 Å². The number of hydrogen-bond acceptors (Lipinski definition) is 3. The van der Waals surface area contributed by atoms with E-state index in [9.17, 15) is 4.79 Å². The van der Waals surface area contributed by atoms with Gasteiger partial charge in [-0.15, -0.1) is 0 Å². The van der Waals surface area contributed by atoms with Gasteiger partial charge in [-0.2, -0.15) is 0 Å². The Labute approximate surface area is 138 Å². The van der Waals surface area contributed by atoms with E-state index in [1.807, 2.05) is 13.0 Å². The highest BCUT2D eigenvalue weighted by Gasteiger charge is 2.51. The van der Waals surface area contributed by atoms with Crippen molar-refractivity contribution in [3.63, 3.8) is 0 Å². The molecule has 2 aliphatic rings. The molecule has 4 nitrogen and oxygen atoms in total. The lowest BCUT2D eigenvalue weighted by molar-refractivity contribution is -0.120. The molecule has 2 unspecified atom stereocenters. The number of benzene rings is 1. The van der Waals surface area contributed by atoms with Crippen LogP contribution >= 0.6 is 23.2 Å². The van der Waals surface area contributed by atoms with Gasteiger partial charge in [0, 0.05) is 10.7 Å². The number of carbonyl (C=O) groups is 1. The van der Waals surface area contributed by atoms with Crippen molar-refractivity contribution in [2.45, 2.75) is 12.3 Å². The molecule has 6 heteroatoms. The summed E-state index contributed by atoms with van der Waals surface area (Å²) in [6, 6.07) is 5.29. The number of fused-ring (bicyclic) bond motifs is 1. The second-order valence-corrected chi connectivity index (χ2v) is 6.04. The van der Waals surface area contributed by atoms with Gasteiger partial charge < -0.3 is 10.1 Å². The largest absolute Gasteiger partial charge is 0.483 e. The number of aliphatic imine (C=N–C) groups is 1. The van der Waals surface area contributed by atoms with Crippen LogP contribution in [0.1, 0.15) is 12.5 Å². The topological polar surface area (TPSA) is 50.7 Å². The molecule has 2 atom stereocenters. The first-order valence-electron chi connectivity index (χ1n) is 6.57. The molecule has 1 aromatic rings. The van der Waals surface area contributed by atoms with Crippen molar-refractivity contribution in [3.8, 4) is 11.8 Å². The minimum atomic E-state index is -0.933. The molecule has 3 rings (SSSR count). The highest BCUT2D eigenvalue weighted by Crippen LogP contribution is 2.44. The average Bonchev–Trinajstić information content (AvgIpc) is 2.63. The third-order valence-corrected chi connectivity index (χ3v) is 4.36. The molecule has 0 saturated carbocycles. The zero-order valence-corrected chi connectivity index (χ0v) is 13.4. The van der Waals surface area contributed by atoms with Crippen molar-refractivity contribution >= 4 is 40.7 Å². The van der Waals surface area contributed by atoms with Crippen molar-refractivity contribution in [1.29, 1.82) is 0 Å². The Morgan fingerprint density at radius 3 is 2.91 bits per heavy atom. The van der Waals surface area contributed by atoms with Gasteiger partial charge in [0.1, 0.15) is 11.0 Å². The predicted octanol–water partition coefficient (Wildman–Crippen LogP) is 3.31. The van der Waals surface area contributed by atoms with Crippen LogP contribution in [-0.4, -0.2) is 18.9 Å². The molecule has 0 aromatic heterocycles. The monoisotopic (exact) mass is 334 g/mol. The molecule has 112 valence electrons. The maximum atomic E-state index is 12.6. The Morgan fingerprint density at radius 2 is 2.18 bits per heavy atom. The van der Waals surface area contributed by atoms with E-state index in [0.717, 1.165) is 5.56 Å². The van der Waals surface area contributed by atoms with Crippen LogP contribution in [-0.2, 0) is 14.9 Å². The van der Waals surface area contributed by atoms with Gasteiger partial charge in [0.25, 0.3) is 0 Å². The summed E-state index contributed by atoms with van der Waals surface area (Å²) in [4.78, 5) is 16.8. The van der Waals surface area contributed by atoms with Crippen molar-refractivity contribution in [1.82, 2.24) is 0 Å². The van der Waals surface area contributed by atoms with Crippen LogP contribution in [0, 0.1) is 17.8 Å². The van der Waals surface area contributed by atoms with E-state index >= 15 is 0 Å². The molecule has 2 heterocycles. The molecule has 1 aromatic carbocycles. The zero-order valence-electron chi connectivity index (χ0n) is 11.9. The summed E-state index contributed by atoms with van der Waals surface area (Å²) in [6.07, 6.45) is 1.42. The van der Waals surface area contributed by atoms with Crippen LogP contribution in [0.25, 0.3) is 0 Å². The maximum absolute atomic E-state index is 12.6. The molecule has 2 aliphatic heterocycles. The van der Waals surface area contributed by atoms with Crippen LogP contribution in [0.3, 0.4) is 0 Å². The van der Waals surface area contributed by atoms with E-state index in [0.29, 0.717) is 21.6 Å². The molecule has 0 saturated heterocycles. The Hall–Kier alpha value is -1.96. The number of nitrogens with one attached hydrogen (secondary N) is 1. The highest BCUT2D eigenvalue weighted by molar-refractivity contribution is 6.32. The predicted molar refractivity (Wildman–Crippen MR) is 87.1 cm³/mol. The Bertz CT molecular complexity index is 789. The van der Waals surface area contributed by atoms with E-state index in [4.69, 9.17) is 27.9 Å². The van der Waals surface area contributed by atoms with Gasteiger partial charge in [-0.1, -0.05) is 41.1 Å². The lowest BCUT2D eigenvalue weighted by Crippen LogP contribution is -2.42. The minimum absolute atomic E-state index is 0.174. The van der Waals surface area contributed by atoms with Crippen molar-refractivity contribution in [2.24, 2.45) is 10.9 Å². The summed E-state index contributed by atoms with van der Waals surface area (Å²) in [5, 5.41) is 3.71. The van der Waals surface area contributed by atoms with Crippen LogP contribution in [0.2, 0.25) is 5.02 Å². The maximum Gasteiger partial charge on any atom is 0.236 e. The second kappa shape index (κ2) is 5.35. The summed E-state index contributed by atoms with van der Waals surface area (Å²) in [5.74, 6) is 5.43. The Balaban J connectivity index is 2.17. The fourth-order valence-electron chi connectivity index (χ4n) is 2.73. The van der Waals surface area contributed by atoms with Gasteiger partial charge >= 0.3 is 0 Å². The molecule has 0 radical (unpaired) electrons. The fraction of sp³-hybridized carbons (Fsp3) is 0.250. The minimum Gasteiger partial charge on any atom is -0.483 e. The standard InChI is InChI=1S/C16H12Cl2N2O2/c1-16(12-6-4-10(18)8-19-14(12)22-2)11-5-3-9(17)7-13(11)20-15(16)21/h3,5,7-8,12H,1-2H3,(H,20,21). The highest BCUT2D eigenvalue weighted by atomic mass is 35.5. The van der Waals surface area contributed by atoms with Gasteiger partial charge in [0.2, 0.25) is 11.8 Å². The number of allylic oxidation sites excluding steroid dienone is 1. The van der Waals surface area contributed by atoms with Crippen molar-refractivity contribution < 1.29 is 9.53 Å². The molecule has 0 spiro atoms. The summed E-state index contributed by atoms with van der Waals surface area (Å²) in [7, 11) is 1.50. The third-order valence-electron chi connectivity index (χ3n) is 3.94. The first-order valence-corrected chi connectivity index (χ1v) is 7.32. The van der Waals surface area contributed by atoms with Gasteiger partial charge in [0.05, 0.1) is 18.7 Å². The lowest BCUT2D eigenvalue weighted by Gasteiger charge is -2.28. The number of amides is 1. The van der Waals surface area contributed by atoms with Gasteiger partial charge in [-0.3, -0.25) is 4.79 Å². The molecule has 0 aliphatic carbocycles. The van der Waals surface area contributed by atoms with Crippen LogP contribution in [0.4, 0.5) is 5.69 Å². The van der Waals surface area contributed by atoms with E-state index in [1.54, 1.807) is 12.1 Å². The smallest absolute Gasteiger partial charge is 0.236 e. The summed E-state index contributed by atoms with van der Waals surface area (Å²) in [6.45, 7) is 1.81. The molecular formula is C16H12Cl2N2O2. The Kier molecular flexibility index (Phi) is 3.64. The second-order valence-electron chi connectivity index (χ2n) is 5.20. The molecule has 0 fully saturated rings. The van der Waals surface area contributed by atoms with Crippen LogP contribution in [0.5, 0.6) is 0 Å². The van der Waals surface area contributed by atoms with Gasteiger partial charge in [-0.25, -0.2) is 4.99 Å². The van der Waals surface area contributed by atoms with Gasteiger partial charge in [-0.05, 0) is 24.6 Å². The SMILES string of the molecule is COC1=NC=C(Cl)C#CC1C1(C)C(=O)Nc2cc(Cl)ccc21. The number of carbonyl (C=O) groups excluding carboxylic acids is 1. The Morgan fingerprint density at radius 1 is 1.41 bits per heavy atom. The molecular weight excluding hydrogens is 323 g/mol. The first kappa shape index (κ1) is 15.0. The van der Waals surface area contributed by atoms with E-state index < -0.39 is 11.3 Å². The van der Waals surface area contributed by atoms with Gasteiger partial charge in [0.15, 0.2) is 0 Å². The summed E-state index contributed by atoms with van der Waals surface area (Å²) in [5.41, 5.74) is 0.557. The van der Waals surface area contributed by atoms with Crippen LogP contribution < -0.4 is 5.32 Å². The van der Waals surface area contributed by atoms with Crippen LogP contribution in [0.15, 0.2) is 34.4 Å². The molecule has 1 amide bonds. The zero-order chi connectivity index (χ0) is 15.9. The number of ether oxygens (including phenoxy) is 1. The molecule has 1 N–H and O–H groups in total. The first-order chi connectivity index (χ1) is 10.5. The number of nitrogens with zero attached hydrogens (tertiary/aromatic N) is 1. The number of methoxy groups -OCH3 is 1. The molecule has 22 heavy (non-hydrogen) atoms.